The van der Waals surface area contributed by atoms with Gasteiger partial charge in [-0.2, -0.15) is 5.26 Å². The summed E-state index contributed by atoms with van der Waals surface area (Å²) in [6, 6.07) is 2.21. The van der Waals surface area contributed by atoms with Crippen LogP contribution in [0.4, 0.5) is 0 Å². The van der Waals surface area contributed by atoms with E-state index >= 15 is 0 Å². The number of ether oxygens (including phenoxy) is 1. The summed E-state index contributed by atoms with van der Waals surface area (Å²) in [7, 11) is 0. The summed E-state index contributed by atoms with van der Waals surface area (Å²) in [5.74, 6) is -0.0959. The fourth-order valence-electron chi connectivity index (χ4n) is 2.98. The molecule has 0 bridgehead atoms. The maximum absolute atomic E-state index is 12.3. The summed E-state index contributed by atoms with van der Waals surface area (Å²) in [5, 5.41) is 12.3. The molecule has 2 rings (SSSR count). The lowest BCUT2D eigenvalue weighted by molar-refractivity contribution is -0.132. The third-order valence-electron chi connectivity index (χ3n) is 4.48. The fraction of sp³-hybridized carbons (Fsp3) is 0.857. The van der Waals surface area contributed by atoms with Gasteiger partial charge in [-0.05, 0) is 31.1 Å². The Morgan fingerprint density at radius 2 is 1.89 bits per heavy atom. The average Bonchev–Trinajstić information content (AvgIpc) is 2.84. The molecule has 1 saturated heterocycles. The first kappa shape index (κ1) is 13.4. The number of amides is 1. The molecule has 0 unspecified atom stereocenters. The molecule has 1 saturated carbocycles. The maximum atomic E-state index is 12.3. The lowest BCUT2D eigenvalue weighted by Gasteiger charge is -2.31. The van der Waals surface area contributed by atoms with Crippen molar-refractivity contribution < 1.29 is 9.53 Å². The topological polar surface area (TPSA) is 62.1 Å². The normalized spacial score (nSPS) is 25.3. The molecular formula is C14H22N2O2. The monoisotopic (exact) mass is 250 g/mol. The molecule has 1 aliphatic carbocycles. The average molecular weight is 250 g/mol. The number of hydrogen-bond acceptors (Lipinski definition) is 3. The van der Waals surface area contributed by atoms with Gasteiger partial charge in [0.1, 0.15) is 5.41 Å². The van der Waals surface area contributed by atoms with E-state index < -0.39 is 5.41 Å². The summed E-state index contributed by atoms with van der Waals surface area (Å²) in [6.07, 6.45) is 5.90. The van der Waals surface area contributed by atoms with Crippen LogP contribution >= 0.6 is 0 Å². The highest BCUT2D eigenvalue weighted by atomic mass is 16.5. The Balaban J connectivity index is 1.92. The van der Waals surface area contributed by atoms with Crippen LogP contribution in [0.5, 0.6) is 0 Å². The zero-order chi connectivity index (χ0) is 13.1. The van der Waals surface area contributed by atoms with Crippen molar-refractivity contribution in [2.45, 2.75) is 45.4 Å². The van der Waals surface area contributed by atoms with Crippen LogP contribution in [-0.4, -0.2) is 25.7 Å². The van der Waals surface area contributed by atoms with E-state index in [0.29, 0.717) is 32.6 Å². The zero-order valence-corrected chi connectivity index (χ0v) is 11.1. The number of carbonyl (C=O) groups excluding carboxylic acids is 1. The van der Waals surface area contributed by atoms with Gasteiger partial charge in [0, 0.05) is 19.8 Å². The summed E-state index contributed by atoms with van der Waals surface area (Å²) < 4.78 is 5.24. The molecule has 0 radical (unpaired) electrons. The third kappa shape index (κ3) is 2.67. The van der Waals surface area contributed by atoms with Gasteiger partial charge in [-0.25, -0.2) is 0 Å². The molecule has 0 spiro atoms. The Hall–Kier alpha value is -1.08. The zero-order valence-electron chi connectivity index (χ0n) is 11.1. The number of rotatable bonds is 3. The SMILES string of the molecule is CC1(CNC(=O)C2(C#N)CCOCC2)CCCC1. The molecule has 1 amide bonds. The summed E-state index contributed by atoms with van der Waals surface area (Å²) in [5.41, 5.74) is -0.620. The number of hydrogen-bond donors (Lipinski definition) is 1. The molecule has 4 nitrogen and oxygen atoms in total. The van der Waals surface area contributed by atoms with E-state index in [0.717, 1.165) is 0 Å². The minimum absolute atomic E-state index is 0.0959. The number of nitrogens with one attached hydrogen (secondary N) is 1. The predicted molar refractivity (Wildman–Crippen MR) is 67.7 cm³/mol. The lowest BCUT2D eigenvalue weighted by Crippen LogP contribution is -2.46. The van der Waals surface area contributed by atoms with E-state index in [4.69, 9.17) is 4.74 Å². The summed E-state index contributed by atoms with van der Waals surface area (Å²) >= 11 is 0. The summed E-state index contributed by atoms with van der Waals surface area (Å²) in [6.45, 7) is 3.95. The number of nitrogens with zero attached hydrogens (tertiary/aromatic N) is 1. The second-order valence-corrected chi connectivity index (χ2v) is 6.01. The van der Waals surface area contributed by atoms with E-state index in [1.165, 1.54) is 25.7 Å². The molecule has 2 fully saturated rings. The van der Waals surface area contributed by atoms with Gasteiger partial charge in [0.2, 0.25) is 5.91 Å². The van der Waals surface area contributed by atoms with Crippen LogP contribution in [0.2, 0.25) is 0 Å². The van der Waals surface area contributed by atoms with Gasteiger partial charge in [0.15, 0.2) is 0 Å². The van der Waals surface area contributed by atoms with Crippen molar-refractivity contribution in [3.63, 3.8) is 0 Å². The van der Waals surface area contributed by atoms with E-state index in [-0.39, 0.29) is 11.3 Å². The van der Waals surface area contributed by atoms with Crippen LogP contribution < -0.4 is 5.32 Å². The number of carbonyl (C=O) groups is 1. The van der Waals surface area contributed by atoms with Gasteiger partial charge in [0.25, 0.3) is 0 Å². The molecule has 1 aliphatic heterocycles. The minimum Gasteiger partial charge on any atom is -0.381 e. The molecule has 0 aromatic heterocycles. The van der Waals surface area contributed by atoms with E-state index in [2.05, 4.69) is 18.3 Å². The van der Waals surface area contributed by atoms with Gasteiger partial charge in [-0.1, -0.05) is 19.8 Å². The minimum atomic E-state index is -0.854. The molecule has 18 heavy (non-hydrogen) atoms. The predicted octanol–water partition coefficient (Wildman–Crippen LogP) is 2.00. The Bertz CT molecular complexity index is 347. The van der Waals surface area contributed by atoms with Gasteiger partial charge in [0.05, 0.1) is 6.07 Å². The van der Waals surface area contributed by atoms with Crippen molar-refractivity contribution in [3.8, 4) is 6.07 Å². The Morgan fingerprint density at radius 3 is 2.44 bits per heavy atom. The van der Waals surface area contributed by atoms with Crippen LogP contribution in [-0.2, 0) is 9.53 Å². The van der Waals surface area contributed by atoms with Crippen molar-refractivity contribution in [3.05, 3.63) is 0 Å². The molecule has 4 heteroatoms. The first-order valence-corrected chi connectivity index (χ1v) is 6.88. The maximum Gasteiger partial charge on any atom is 0.240 e. The third-order valence-corrected chi connectivity index (χ3v) is 4.48. The Morgan fingerprint density at radius 1 is 1.28 bits per heavy atom. The number of nitriles is 1. The smallest absolute Gasteiger partial charge is 0.240 e. The molecular weight excluding hydrogens is 228 g/mol. The second-order valence-electron chi connectivity index (χ2n) is 6.01. The van der Waals surface area contributed by atoms with Gasteiger partial charge >= 0.3 is 0 Å². The van der Waals surface area contributed by atoms with Gasteiger partial charge in [-0.3, -0.25) is 4.79 Å². The fourth-order valence-corrected chi connectivity index (χ4v) is 2.98. The second kappa shape index (κ2) is 5.27. The first-order valence-electron chi connectivity index (χ1n) is 6.88. The quantitative estimate of drug-likeness (QED) is 0.833. The highest BCUT2D eigenvalue weighted by Crippen LogP contribution is 2.37. The largest absolute Gasteiger partial charge is 0.381 e. The molecule has 0 aromatic rings. The Labute approximate surface area is 109 Å². The van der Waals surface area contributed by atoms with E-state index in [1.54, 1.807) is 0 Å². The Kier molecular flexibility index (Phi) is 3.91. The molecule has 0 aromatic carbocycles. The van der Waals surface area contributed by atoms with Crippen molar-refractivity contribution in [2.24, 2.45) is 10.8 Å². The van der Waals surface area contributed by atoms with Crippen molar-refractivity contribution in [2.75, 3.05) is 19.8 Å². The van der Waals surface area contributed by atoms with Gasteiger partial charge < -0.3 is 10.1 Å². The van der Waals surface area contributed by atoms with Crippen LogP contribution in [0.15, 0.2) is 0 Å². The van der Waals surface area contributed by atoms with Crippen molar-refractivity contribution >= 4 is 5.91 Å². The van der Waals surface area contributed by atoms with E-state index in [1.807, 2.05) is 0 Å². The molecule has 1 N–H and O–H groups in total. The van der Waals surface area contributed by atoms with Gasteiger partial charge in [-0.15, -0.1) is 0 Å². The molecule has 100 valence electrons. The van der Waals surface area contributed by atoms with Crippen molar-refractivity contribution in [1.82, 2.24) is 5.32 Å². The molecule has 1 heterocycles. The van der Waals surface area contributed by atoms with Crippen LogP contribution in [0.1, 0.15) is 45.4 Å². The molecule has 2 aliphatic rings. The van der Waals surface area contributed by atoms with Crippen LogP contribution in [0, 0.1) is 22.2 Å². The molecule has 0 atom stereocenters. The van der Waals surface area contributed by atoms with Crippen LogP contribution in [0.25, 0.3) is 0 Å². The van der Waals surface area contributed by atoms with Crippen molar-refractivity contribution in [1.29, 1.82) is 5.26 Å². The first-order chi connectivity index (χ1) is 8.60. The summed E-state index contributed by atoms with van der Waals surface area (Å²) in [4.78, 5) is 12.3. The highest BCUT2D eigenvalue weighted by Gasteiger charge is 2.41. The standard InChI is InChI=1S/C14H22N2O2/c1-13(4-2-3-5-13)11-16-12(17)14(10-15)6-8-18-9-7-14/h2-9,11H2,1H3,(H,16,17). The van der Waals surface area contributed by atoms with Crippen LogP contribution in [0.3, 0.4) is 0 Å². The lowest BCUT2D eigenvalue weighted by atomic mass is 9.80. The highest BCUT2D eigenvalue weighted by molar-refractivity contribution is 5.85. The van der Waals surface area contributed by atoms with E-state index in [9.17, 15) is 10.1 Å².